The van der Waals surface area contributed by atoms with Crippen molar-refractivity contribution in [3.8, 4) is 0 Å². The number of halogens is 2. The second-order valence-electron chi connectivity index (χ2n) is 3.71. The Kier molecular flexibility index (Phi) is 5.47. The van der Waals surface area contributed by atoms with E-state index < -0.39 is 0 Å². The fourth-order valence-corrected chi connectivity index (χ4v) is 3.39. The smallest absolute Gasteiger partial charge is 0.225 e. The van der Waals surface area contributed by atoms with E-state index in [2.05, 4.69) is 14.7 Å². The van der Waals surface area contributed by atoms with Crippen LogP contribution in [0.15, 0.2) is 22.8 Å². The average molecular weight is 349 g/mol. The lowest BCUT2D eigenvalue weighted by Gasteiger charge is -2.10. The minimum atomic E-state index is -0.169. The summed E-state index contributed by atoms with van der Waals surface area (Å²) in [6.07, 6.45) is 1.81. The number of nitrogens with two attached hydrogens (primary N) is 1. The second kappa shape index (κ2) is 7.12. The summed E-state index contributed by atoms with van der Waals surface area (Å²) in [5.41, 5.74) is 6.50. The molecular weight excluding hydrogens is 339 g/mol. The zero-order valence-electron chi connectivity index (χ0n) is 10.1. The quantitative estimate of drug-likeness (QED) is 0.637. The fraction of sp³-hybridized carbons (Fsp3) is 0.182. The average Bonchev–Trinajstić information content (AvgIpc) is 2.87. The molecular formula is C11H10Cl2N4OS2. The molecule has 0 saturated carbocycles. The fourth-order valence-electron chi connectivity index (χ4n) is 1.38. The summed E-state index contributed by atoms with van der Waals surface area (Å²) in [6, 6.07) is 3.07. The molecule has 3 N–H and O–H groups in total. The van der Waals surface area contributed by atoms with E-state index in [-0.39, 0.29) is 5.91 Å². The maximum atomic E-state index is 11.8. The number of aromatic nitrogens is 2. The summed E-state index contributed by atoms with van der Waals surface area (Å²) in [4.78, 5) is 15.8. The van der Waals surface area contributed by atoms with E-state index in [9.17, 15) is 4.79 Å². The zero-order chi connectivity index (χ0) is 14.5. The molecule has 0 aliphatic carbocycles. The molecule has 2 rings (SSSR count). The Morgan fingerprint density at radius 3 is 2.90 bits per heavy atom. The molecule has 1 aromatic carbocycles. The Hall–Kier alpha value is -1.02. The number of nitrogens with zero attached hydrogens (tertiary/aromatic N) is 2. The molecule has 0 fully saturated rings. The van der Waals surface area contributed by atoms with Crippen molar-refractivity contribution in [3.63, 3.8) is 0 Å². The Labute approximate surface area is 134 Å². The Morgan fingerprint density at radius 2 is 2.25 bits per heavy atom. The first-order chi connectivity index (χ1) is 9.56. The lowest BCUT2D eigenvalue weighted by atomic mass is 10.2. The highest BCUT2D eigenvalue weighted by Gasteiger charge is 2.11. The van der Waals surface area contributed by atoms with Gasteiger partial charge in [0.05, 0.1) is 16.4 Å². The minimum absolute atomic E-state index is 0.169. The van der Waals surface area contributed by atoms with Gasteiger partial charge in [0.1, 0.15) is 6.33 Å². The van der Waals surface area contributed by atoms with Gasteiger partial charge in [-0.2, -0.15) is 4.37 Å². The molecule has 1 amide bonds. The Bertz CT molecular complexity index is 583. The summed E-state index contributed by atoms with van der Waals surface area (Å²) in [6.45, 7) is 0. The van der Waals surface area contributed by atoms with Gasteiger partial charge in [-0.15, -0.1) is 0 Å². The van der Waals surface area contributed by atoms with Crippen molar-refractivity contribution in [1.29, 1.82) is 0 Å². The van der Waals surface area contributed by atoms with Gasteiger partial charge >= 0.3 is 0 Å². The van der Waals surface area contributed by atoms with Crippen molar-refractivity contribution in [2.24, 2.45) is 0 Å². The molecule has 1 heterocycles. The van der Waals surface area contributed by atoms with Crippen LogP contribution in [0.5, 0.6) is 0 Å². The highest BCUT2D eigenvalue weighted by atomic mass is 35.5. The highest BCUT2D eigenvalue weighted by Crippen LogP contribution is 2.32. The normalized spacial score (nSPS) is 10.5. The second-order valence-corrected chi connectivity index (χ2v) is 6.67. The standard InChI is InChI=1S/C11H10Cl2N4OS2/c12-6-3-7(13)10(8(14)4-6)17-9(18)1-2-19-11-15-5-16-20-11/h3-5H,1-2,14H2,(H,17,18). The first-order valence-corrected chi connectivity index (χ1v) is 8.01. The van der Waals surface area contributed by atoms with Crippen molar-refractivity contribution in [1.82, 2.24) is 9.36 Å². The number of carbonyl (C=O) groups excluding carboxylic acids is 1. The Balaban J connectivity index is 1.88. The number of carbonyl (C=O) groups is 1. The van der Waals surface area contributed by atoms with Gasteiger partial charge in [0, 0.05) is 17.2 Å². The van der Waals surface area contributed by atoms with E-state index in [1.54, 1.807) is 6.07 Å². The van der Waals surface area contributed by atoms with Crippen LogP contribution in [-0.2, 0) is 4.79 Å². The van der Waals surface area contributed by atoms with Crippen LogP contribution in [-0.4, -0.2) is 21.0 Å². The first kappa shape index (κ1) is 15.4. The van der Waals surface area contributed by atoms with E-state index in [0.29, 0.717) is 33.6 Å². The maximum Gasteiger partial charge on any atom is 0.225 e. The van der Waals surface area contributed by atoms with Crippen LogP contribution in [0.2, 0.25) is 10.0 Å². The van der Waals surface area contributed by atoms with Crippen LogP contribution in [0.25, 0.3) is 0 Å². The third-order valence-corrected chi connectivity index (χ3v) is 4.56. The van der Waals surface area contributed by atoms with E-state index in [1.807, 2.05) is 0 Å². The van der Waals surface area contributed by atoms with Gasteiger partial charge in [0.25, 0.3) is 0 Å². The number of rotatable bonds is 5. The number of thioether (sulfide) groups is 1. The molecule has 0 bridgehead atoms. The van der Waals surface area contributed by atoms with Gasteiger partial charge in [-0.1, -0.05) is 35.0 Å². The number of nitrogen functional groups attached to an aromatic ring is 1. The van der Waals surface area contributed by atoms with E-state index in [4.69, 9.17) is 28.9 Å². The van der Waals surface area contributed by atoms with Crippen molar-refractivity contribution >= 4 is 63.8 Å². The summed E-state index contributed by atoms with van der Waals surface area (Å²) in [7, 11) is 0. The van der Waals surface area contributed by atoms with Crippen LogP contribution in [0.3, 0.4) is 0 Å². The van der Waals surface area contributed by atoms with Gasteiger partial charge in [-0.25, -0.2) is 4.98 Å². The van der Waals surface area contributed by atoms with Gasteiger partial charge < -0.3 is 11.1 Å². The van der Waals surface area contributed by atoms with Crippen LogP contribution in [0.4, 0.5) is 11.4 Å². The molecule has 0 atom stereocenters. The lowest BCUT2D eigenvalue weighted by Crippen LogP contribution is -2.14. The molecule has 0 saturated heterocycles. The van der Waals surface area contributed by atoms with Crippen LogP contribution >= 0.6 is 46.5 Å². The molecule has 0 spiro atoms. The first-order valence-electron chi connectivity index (χ1n) is 5.50. The van der Waals surface area contributed by atoms with Crippen LogP contribution in [0, 0.1) is 0 Å². The molecule has 0 aliphatic heterocycles. The van der Waals surface area contributed by atoms with Crippen molar-refractivity contribution in [2.45, 2.75) is 10.8 Å². The topological polar surface area (TPSA) is 80.9 Å². The number of anilines is 2. The van der Waals surface area contributed by atoms with Gasteiger partial charge in [0.15, 0.2) is 4.34 Å². The molecule has 0 aliphatic rings. The molecule has 0 unspecified atom stereocenters. The summed E-state index contributed by atoms with van der Waals surface area (Å²) in [5.74, 6) is 0.435. The lowest BCUT2D eigenvalue weighted by molar-refractivity contribution is -0.115. The predicted molar refractivity (Wildman–Crippen MR) is 84.8 cm³/mol. The van der Waals surface area contributed by atoms with E-state index >= 15 is 0 Å². The van der Waals surface area contributed by atoms with Crippen molar-refractivity contribution < 1.29 is 4.79 Å². The van der Waals surface area contributed by atoms with Crippen LogP contribution in [0.1, 0.15) is 6.42 Å². The monoisotopic (exact) mass is 348 g/mol. The summed E-state index contributed by atoms with van der Waals surface area (Å²) in [5, 5.41) is 3.43. The zero-order valence-corrected chi connectivity index (χ0v) is 13.2. The third kappa shape index (κ3) is 4.24. The summed E-state index contributed by atoms with van der Waals surface area (Å²) < 4.78 is 4.72. The predicted octanol–water partition coefficient (Wildman–Crippen LogP) is 3.55. The molecule has 9 heteroatoms. The Morgan fingerprint density at radius 1 is 1.45 bits per heavy atom. The maximum absolute atomic E-state index is 11.8. The van der Waals surface area contributed by atoms with Crippen molar-refractivity contribution in [3.05, 3.63) is 28.5 Å². The third-order valence-electron chi connectivity index (χ3n) is 2.25. The molecule has 5 nitrogen and oxygen atoms in total. The number of hydrogen-bond donors (Lipinski definition) is 2. The molecule has 20 heavy (non-hydrogen) atoms. The molecule has 2 aromatic rings. The van der Waals surface area contributed by atoms with E-state index in [0.717, 1.165) is 4.34 Å². The number of nitrogens with one attached hydrogen (secondary N) is 1. The SMILES string of the molecule is Nc1cc(Cl)cc(Cl)c1NC(=O)CCSc1ncns1. The van der Waals surface area contributed by atoms with Gasteiger partial charge in [0.2, 0.25) is 5.91 Å². The van der Waals surface area contributed by atoms with Crippen molar-refractivity contribution in [2.75, 3.05) is 16.8 Å². The van der Waals surface area contributed by atoms with Gasteiger partial charge in [-0.05, 0) is 23.7 Å². The molecule has 0 radical (unpaired) electrons. The molecule has 1 aromatic heterocycles. The minimum Gasteiger partial charge on any atom is -0.397 e. The highest BCUT2D eigenvalue weighted by molar-refractivity contribution is 8.00. The largest absolute Gasteiger partial charge is 0.397 e. The summed E-state index contributed by atoms with van der Waals surface area (Å²) >= 11 is 14.6. The number of benzene rings is 1. The number of amides is 1. The molecule has 106 valence electrons. The van der Waals surface area contributed by atoms with Gasteiger partial charge in [-0.3, -0.25) is 4.79 Å². The van der Waals surface area contributed by atoms with E-state index in [1.165, 1.54) is 35.7 Å². The van der Waals surface area contributed by atoms with Crippen LogP contribution < -0.4 is 11.1 Å². The number of hydrogen-bond acceptors (Lipinski definition) is 6.